The Kier molecular flexibility index (Phi) is 5.74. The fourth-order valence-electron chi connectivity index (χ4n) is 4.88. The van der Waals surface area contributed by atoms with Gasteiger partial charge >= 0.3 is 5.97 Å². The average molecular weight is 389 g/mol. The number of piperidine rings is 3. The molecule has 4 saturated heterocycles. The minimum Gasteiger partial charge on any atom is -0.458 e. The Balaban J connectivity index is 1.57. The quantitative estimate of drug-likeness (QED) is 0.774. The first-order valence-electron chi connectivity index (χ1n) is 10.5. The standard InChI is InChI=1S/C22H32N2O4/c1-16-13-27-14-17(2)24(16)15-22(26,19-6-4-3-5-7-19)21(25)28-20-12-23-10-8-18(20)9-11-23/h3-7,16-18,20,26H,8-15H2,1-2H3. The van der Waals surface area contributed by atoms with Gasteiger partial charge in [0.25, 0.3) is 0 Å². The van der Waals surface area contributed by atoms with Gasteiger partial charge < -0.3 is 14.6 Å². The summed E-state index contributed by atoms with van der Waals surface area (Å²) in [7, 11) is 0. The molecule has 6 heteroatoms. The van der Waals surface area contributed by atoms with Crippen molar-refractivity contribution < 1.29 is 19.4 Å². The smallest absolute Gasteiger partial charge is 0.344 e. The molecule has 1 N–H and O–H groups in total. The van der Waals surface area contributed by atoms with Crippen LogP contribution in [0.5, 0.6) is 0 Å². The Morgan fingerprint density at radius 3 is 2.39 bits per heavy atom. The first-order chi connectivity index (χ1) is 13.5. The maximum atomic E-state index is 13.3. The number of hydrogen-bond acceptors (Lipinski definition) is 6. The molecular weight excluding hydrogens is 356 g/mol. The van der Waals surface area contributed by atoms with Crippen molar-refractivity contribution >= 4 is 5.97 Å². The van der Waals surface area contributed by atoms with E-state index in [-0.39, 0.29) is 24.7 Å². The van der Waals surface area contributed by atoms with Gasteiger partial charge in [-0.3, -0.25) is 9.80 Å². The summed E-state index contributed by atoms with van der Waals surface area (Å²) in [6, 6.07) is 9.48. The van der Waals surface area contributed by atoms with Crippen LogP contribution in [0.1, 0.15) is 32.3 Å². The molecule has 0 amide bonds. The molecule has 0 aromatic heterocycles. The van der Waals surface area contributed by atoms with Gasteiger partial charge in [0.15, 0.2) is 5.60 Å². The van der Waals surface area contributed by atoms with Gasteiger partial charge in [0.2, 0.25) is 0 Å². The van der Waals surface area contributed by atoms with E-state index < -0.39 is 11.6 Å². The summed E-state index contributed by atoms with van der Waals surface area (Å²) < 4.78 is 11.6. The Labute approximate surface area is 167 Å². The molecule has 1 aromatic carbocycles. The van der Waals surface area contributed by atoms with Crippen LogP contribution in [0.2, 0.25) is 0 Å². The van der Waals surface area contributed by atoms with E-state index in [1.54, 1.807) is 0 Å². The van der Waals surface area contributed by atoms with Crippen LogP contribution in [-0.4, -0.2) is 78.5 Å². The third-order valence-corrected chi connectivity index (χ3v) is 6.71. The van der Waals surface area contributed by atoms with Gasteiger partial charge in [-0.25, -0.2) is 4.79 Å². The highest BCUT2D eigenvalue weighted by atomic mass is 16.6. The second-order valence-electron chi connectivity index (χ2n) is 8.72. The van der Waals surface area contributed by atoms with Crippen molar-refractivity contribution in [2.24, 2.45) is 5.92 Å². The summed E-state index contributed by atoms with van der Waals surface area (Å²) in [5, 5.41) is 11.7. The number of hydrogen-bond donors (Lipinski definition) is 1. The van der Waals surface area contributed by atoms with Crippen molar-refractivity contribution in [2.45, 2.75) is 50.5 Å². The molecule has 154 valence electrons. The Hall–Kier alpha value is -1.47. The number of carbonyl (C=O) groups is 1. The van der Waals surface area contributed by atoms with E-state index >= 15 is 0 Å². The fraction of sp³-hybridized carbons (Fsp3) is 0.682. The number of nitrogens with zero attached hydrogens (tertiary/aromatic N) is 2. The highest BCUT2D eigenvalue weighted by Crippen LogP contribution is 2.33. The van der Waals surface area contributed by atoms with E-state index in [9.17, 15) is 9.90 Å². The van der Waals surface area contributed by atoms with Crippen LogP contribution in [0.4, 0.5) is 0 Å². The fourth-order valence-corrected chi connectivity index (χ4v) is 4.88. The molecule has 4 aliphatic rings. The maximum absolute atomic E-state index is 13.3. The van der Waals surface area contributed by atoms with Gasteiger partial charge in [-0.15, -0.1) is 0 Å². The van der Waals surface area contributed by atoms with Gasteiger partial charge in [0, 0.05) is 25.2 Å². The largest absolute Gasteiger partial charge is 0.458 e. The highest BCUT2D eigenvalue weighted by molar-refractivity contribution is 5.81. The summed E-state index contributed by atoms with van der Waals surface area (Å²) in [6.45, 7) is 8.51. The number of carbonyl (C=O) groups excluding carboxylic acids is 1. The molecule has 2 bridgehead atoms. The molecule has 4 unspecified atom stereocenters. The van der Waals surface area contributed by atoms with Crippen molar-refractivity contribution in [1.29, 1.82) is 0 Å². The molecule has 0 aliphatic carbocycles. The van der Waals surface area contributed by atoms with Crippen LogP contribution >= 0.6 is 0 Å². The van der Waals surface area contributed by atoms with E-state index in [4.69, 9.17) is 9.47 Å². The van der Waals surface area contributed by atoms with Gasteiger partial charge in [0.1, 0.15) is 6.10 Å². The lowest BCUT2D eigenvalue weighted by molar-refractivity contribution is -0.187. The lowest BCUT2D eigenvalue weighted by Gasteiger charge is -2.46. The van der Waals surface area contributed by atoms with Crippen LogP contribution < -0.4 is 0 Å². The van der Waals surface area contributed by atoms with Crippen molar-refractivity contribution in [3.63, 3.8) is 0 Å². The summed E-state index contributed by atoms with van der Waals surface area (Å²) in [4.78, 5) is 17.9. The van der Waals surface area contributed by atoms with Gasteiger partial charge in [-0.1, -0.05) is 30.3 Å². The molecule has 4 atom stereocenters. The molecule has 4 fully saturated rings. The zero-order chi connectivity index (χ0) is 19.7. The second kappa shape index (κ2) is 8.11. The van der Waals surface area contributed by atoms with Crippen LogP contribution in [-0.2, 0) is 19.9 Å². The zero-order valence-corrected chi connectivity index (χ0v) is 16.9. The topological polar surface area (TPSA) is 62.2 Å². The molecule has 0 radical (unpaired) electrons. The second-order valence-corrected chi connectivity index (χ2v) is 8.72. The summed E-state index contributed by atoms with van der Waals surface area (Å²) in [6.07, 6.45) is 2.02. The minimum atomic E-state index is -1.69. The van der Waals surface area contributed by atoms with Crippen LogP contribution in [0.3, 0.4) is 0 Å². The maximum Gasteiger partial charge on any atom is 0.344 e. The van der Waals surface area contributed by atoms with Crippen LogP contribution in [0, 0.1) is 5.92 Å². The third-order valence-electron chi connectivity index (χ3n) is 6.71. The SMILES string of the molecule is CC1COCC(C)N1CC(O)(C(=O)OC1CN2CCC1CC2)c1ccccc1. The lowest BCUT2D eigenvalue weighted by Crippen LogP contribution is -2.58. The van der Waals surface area contributed by atoms with Gasteiger partial charge in [-0.2, -0.15) is 0 Å². The summed E-state index contributed by atoms with van der Waals surface area (Å²) in [5.74, 6) is -0.112. The van der Waals surface area contributed by atoms with Crippen LogP contribution in [0.25, 0.3) is 0 Å². The molecular formula is C22H32N2O4. The predicted molar refractivity (Wildman–Crippen MR) is 106 cm³/mol. The van der Waals surface area contributed by atoms with Gasteiger partial charge in [-0.05, 0) is 51.3 Å². The molecule has 6 nitrogen and oxygen atoms in total. The van der Waals surface area contributed by atoms with E-state index in [1.165, 1.54) is 0 Å². The molecule has 5 rings (SSSR count). The van der Waals surface area contributed by atoms with Gasteiger partial charge in [0.05, 0.1) is 13.2 Å². The summed E-state index contributed by atoms with van der Waals surface area (Å²) in [5.41, 5.74) is -1.10. The van der Waals surface area contributed by atoms with Crippen LogP contribution in [0.15, 0.2) is 30.3 Å². The predicted octanol–water partition coefficient (Wildman–Crippen LogP) is 1.62. The zero-order valence-electron chi connectivity index (χ0n) is 16.9. The molecule has 4 aliphatic heterocycles. The van der Waals surface area contributed by atoms with E-state index in [0.29, 0.717) is 24.7 Å². The van der Waals surface area contributed by atoms with E-state index in [2.05, 4.69) is 23.6 Å². The molecule has 0 saturated carbocycles. The molecule has 4 heterocycles. The number of fused-ring (bicyclic) bond motifs is 3. The Morgan fingerprint density at radius 1 is 1.18 bits per heavy atom. The number of esters is 1. The van der Waals surface area contributed by atoms with E-state index in [1.807, 2.05) is 30.3 Å². The Morgan fingerprint density at radius 2 is 1.82 bits per heavy atom. The normalized spacial score (nSPS) is 35.3. The number of rotatable bonds is 5. The van der Waals surface area contributed by atoms with Crippen molar-refractivity contribution in [3.8, 4) is 0 Å². The number of aliphatic hydroxyl groups is 1. The molecule has 0 spiro atoms. The number of ether oxygens (including phenoxy) is 2. The first kappa shape index (κ1) is 19.8. The van der Waals surface area contributed by atoms with Crippen molar-refractivity contribution in [1.82, 2.24) is 9.80 Å². The number of morpholine rings is 1. The average Bonchev–Trinajstić information content (AvgIpc) is 2.72. The highest BCUT2D eigenvalue weighted by Gasteiger charge is 2.46. The van der Waals surface area contributed by atoms with E-state index in [0.717, 1.165) is 32.5 Å². The summed E-state index contributed by atoms with van der Waals surface area (Å²) >= 11 is 0. The molecule has 28 heavy (non-hydrogen) atoms. The van der Waals surface area contributed by atoms with Crippen molar-refractivity contribution in [2.75, 3.05) is 39.4 Å². The minimum absolute atomic E-state index is 0.121. The number of benzene rings is 1. The lowest BCUT2D eigenvalue weighted by atomic mass is 9.85. The first-order valence-corrected chi connectivity index (χ1v) is 10.5. The number of β-amino-alcohol motifs (C(OH)–C–C–N with tert-alkyl or cyclic N) is 1. The Bertz CT molecular complexity index is 666. The monoisotopic (exact) mass is 388 g/mol. The molecule has 1 aromatic rings. The van der Waals surface area contributed by atoms with Crippen molar-refractivity contribution in [3.05, 3.63) is 35.9 Å². The third kappa shape index (κ3) is 3.83.